The third-order valence-electron chi connectivity index (χ3n) is 7.18. The van der Waals surface area contributed by atoms with Crippen LogP contribution in [0.4, 0.5) is 10.5 Å². The van der Waals surface area contributed by atoms with E-state index in [-0.39, 0.29) is 24.7 Å². The lowest BCUT2D eigenvalue weighted by atomic mass is 9.80. The number of likely N-dealkylation sites (tertiary alicyclic amines) is 1. The van der Waals surface area contributed by atoms with Crippen molar-refractivity contribution in [1.29, 1.82) is 5.26 Å². The van der Waals surface area contributed by atoms with Crippen molar-refractivity contribution in [2.24, 2.45) is 0 Å². The zero-order valence-corrected chi connectivity index (χ0v) is 22.9. The van der Waals surface area contributed by atoms with Crippen LogP contribution in [-0.2, 0) is 9.59 Å². The smallest absolute Gasteiger partial charge is 0.332 e. The number of likely N-dealkylation sites (N-methyl/N-ethyl adjacent to an activating group) is 1. The topological polar surface area (TPSA) is 84.7 Å². The van der Waals surface area contributed by atoms with E-state index in [1.54, 1.807) is 36.2 Å². The molecule has 2 aromatic carbocycles. The minimum absolute atomic E-state index is 0.0538. The third kappa shape index (κ3) is 5.04. The highest BCUT2D eigenvalue weighted by Gasteiger charge is 2.64. The first-order valence-electron chi connectivity index (χ1n) is 12.0. The van der Waals surface area contributed by atoms with E-state index in [4.69, 9.17) is 23.2 Å². The molecule has 0 saturated carbocycles. The molecule has 2 aromatic rings. The van der Waals surface area contributed by atoms with Crippen molar-refractivity contribution in [2.75, 3.05) is 52.7 Å². The van der Waals surface area contributed by atoms with Gasteiger partial charge in [-0.1, -0.05) is 35.3 Å². The fraction of sp³-hybridized carbons (Fsp3) is 0.407. The van der Waals surface area contributed by atoms with Gasteiger partial charge in [0.1, 0.15) is 5.54 Å². The summed E-state index contributed by atoms with van der Waals surface area (Å²) in [5, 5.41) is 9.84. The third-order valence-corrected chi connectivity index (χ3v) is 7.62. The maximum Gasteiger partial charge on any atom is 0.332 e. The number of anilines is 1. The summed E-state index contributed by atoms with van der Waals surface area (Å²) in [6.07, 6.45) is 1.06. The molecule has 2 aliphatic rings. The molecular weight excluding hydrogens is 513 g/mol. The van der Waals surface area contributed by atoms with Crippen molar-refractivity contribution in [1.82, 2.24) is 9.80 Å². The van der Waals surface area contributed by atoms with Crippen LogP contribution in [0.3, 0.4) is 0 Å². The molecule has 0 N–H and O–H groups in total. The Bertz CT molecular complexity index is 1260. The van der Waals surface area contributed by atoms with Crippen LogP contribution >= 0.6 is 23.2 Å². The minimum atomic E-state index is -1.31. The number of carbonyl (C=O) groups is 3. The van der Waals surface area contributed by atoms with Gasteiger partial charge in [0.25, 0.3) is 5.91 Å². The van der Waals surface area contributed by atoms with E-state index in [9.17, 15) is 19.6 Å². The van der Waals surface area contributed by atoms with E-state index in [2.05, 4.69) is 27.2 Å². The van der Waals surface area contributed by atoms with E-state index in [0.717, 1.165) is 21.5 Å². The largest absolute Gasteiger partial charge is 0.339 e. The molecule has 0 aromatic heterocycles. The number of amides is 4. The van der Waals surface area contributed by atoms with Gasteiger partial charge in [-0.05, 0) is 35.9 Å². The number of benzene rings is 2. The van der Waals surface area contributed by atoms with E-state index in [1.807, 2.05) is 0 Å². The average molecular weight is 543 g/mol. The van der Waals surface area contributed by atoms with Crippen LogP contribution in [0.25, 0.3) is 0 Å². The molecule has 2 saturated heterocycles. The van der Waals surface area contributed by atoms with Crippen LogP contribution in [0.2, 0.25) is 10.0 Å². The Morgan fingerprint density at radius 2 is 1.73 bits per heavy atom. The van der Waals surface area contributed by atoms with Gasteiger partial charge in [-0.15, -0.1) is 0 Å². The lowest BCUT2D eigenvalue weighted by molar-refractivity contribution is -0.870. The molecule has 4 rings (SSSR count). The lowest BCUT2D eigenvalue weighted by Gasteiger charge is -2.33. The molecule has 10 heteroatoms. The fourth-order valence-corrected chi connectivity index (χ4v) is 5.77. The van der Waals surface area contributed by atoms with Crippen LogP contribution in [0.1, 0.15) is 29.9 Å². The maximum absolute atomic E-state index is 14.2. The number of nitrogens with zero attached hydrogens (tertiary/aromatic N) is 5. The Labute approximate surface area is 227 Å². The fourth-order valence-electron chi connectivity index (χ4n) is 5.26. The van der Waals surface area contributed by atoms with Gasteiger partial charge in [-0.2, -0.15) is 5.26 Å². The number of hydrogen-bond acceptors (Lipinski definition) is 4. The molecule has 2 atom stereocenters. The van der Waals surface area contributed by atoms with E-state index >= 15 is 0 Å². The van der Waals surface area contributed by atoms with Crippen LogP contribution in [-0.4, -0.2) is 85.5 Å². The highest BCUT2D eigenvalue weighted by atomic mass is 35.5. The number of urea groups is 1. The summed E-state index contributed by atoms with van der Waals surface area (Å²) in [5.74, 6) is -0.972. The summed E-state index contributed by atoms with van der Waals surface area (Å²) in [4.78, 5) is 45.2. The Morgan fingerprint density at radius 1 is 1.11 bits per heavy atom. The number of quaternary nitrogens is 1. The Morgan fingerprint density at radius 3 is 2.30 bits per heavy atom. The average Bonchev–Trinajstić information content (AvgIpc) is 3.31. The Kier molecular flexibility index (Phi) is 7.26. The Hall–Kier alpha value is -3.12. The highest BCUT2D eigenvalue weighted by Crippen LogP contribution is 2.46. The van der Waals surface area contributed by atoms with Gasteiger partial charge in [0.15, 0.2) is 0 Å². The summed E-state index contributed by atoms with van der Waals surface area (Å²) < 4.78 is 0.748. The first-order valence-corrected chi connectivity index (χ1v) is 12.8. The number of imide groups is 1. The molecule has 37 heavy (non-hydrogen) atoms. The molecule has 2 fully saturated rings. The first kappa shape index (κ1) is 26.9. The van der Waals surface area contributed by atoms with Crippen molar-refractivity contribution < 1.29 is 18.9 Å². The molecule has 2 heterocycles. The number of rotatable bonds is 6. The lowest BCUT2D eigenvalue weighted by Crippen LogP contribution is -2.54. The maximum atomic E-state index is 14.2. The predicted octanol–water partition coefficient (Wildman–Crippen LogP) is 4.11. The summed E-state index contributed by atoms with van der Waals surface area (Å²) in [5.41, 5.74) is 0.235. The van der Waals surface area contributed by atoms with Gasteiger partial charge in [0.2, 0.25) is 5.91 Å². The first-order chi connectivity index (χ1) is 17.4. The van der Waals surface area contributed by atoms with Crippen LogP contribution in [0.5, 0.6) is 0 Å². The summed E-state index contributed by atoms with van der Waals surface area (Å²) in [7, 11) is 7.81. The second kappa shape index (κ2) is 9.97. The molecule has 0 unspecified atom stereocenters. The van der Waals surface area contributed by atoms with Crippen LogP contribution in [0.15, 0.2) is 42.5 Å². The minimum Gasteiger partial charge on any atom is -0.339 e. The molecule has 194 valence electrons. The molecule has 0 bridgehead atoms. The standard InChI is InChI=1S/C27H30Cl2N5O3/c1-31-26(37)33(22-13-20(28)12-21(29)14-22)25(36)27(31)17-32(24(35)6-5-11-34(2,3)4)16-23(27)19-9-7-18(15-30)8-10-19/h7-10,12-14,23H,5-6,11,16-17H2,1-4H3/q+1/t23-,27+/m0/s1. The van der Waals surface area contributed by atoms with Gasteiger partial charge >= 0.3 is 6.03 Å². The monoisotopic (exact) mass is 542 g/mol. The second-order valence-electron chi connectivity index (χ2n) is 10.7. The van der Waals surface area contributed by atoms with Gasteiger partial charge in [-0.25, -0.2) is 9.69 Å². The molecular formula is C27H30Cl2N5O3+. The van der Waals surface area contributed by atoms with Crippen molar-refractivity contribution in [3.63, 3.8) is 0 Å². The zero-order chi connectivity index (χ0) is 27.1. The molecule has 4 amide bonds. The molecule has 0 aliphatic carbocycles. The number of halogens is 2. The van der Waals surface area contributed by atoms with Crippen molar-refractivity contribution in [2.45, 2.75) is 24.3 Å². The molecule has 1 spiro atoms. The van der Waals surface area contributed by atoms with Gasteiger partial charge in [-0.3, -0.25) is 9.59 Å². The van der Waals surface area contributed by atoms with Crippen LogP contribution in [0, 0.1) is 11.3 Å². The summed E-state index contributed by atoms with van der Waals surface area (Å²) in [6, 6.07) is 13.1. The normalized spacial score (nSPS) is 21.8. The summed E-state index contributed by atoms with van der Waals surface area (Å²) in [6.45, 7) is 1.19. The predicted molar refractivity (Wildman–Crippen MR) is 142 cm³/mol. The van der Waals surface area contributed by atoms with E-state index in [0.29, 0.717) is 28.5 Å². The molecule has 2 aliphatic heterocycles. The number of nitriles is 1. The molecule has 0 radical (unpaired) electrons. The quantitative estimate of drug-likeness (QED) is 0.406. The van der Waals surface area contributed by atoms with Crippen molar-refractivity contribution in [3.8, 4) is 6.07 Å². The van der Waals surface area contributed by atoms with Gasteiger partial charge in [0, 0.05) is 42.4 Å². The van der Waals surface area contributed by atoms with Gasteiger partial charge < -0.3 is 14.3 Å². The van der Waals surface area contributed by atoms with Gasteiger partial charge in [0.05, 0.1) is 51.6 Å². The zero-order valence-electron chi connectivity index (χ0n) is 21.4. The van der Waals surface area contributed by atoms with Crippen molar-refractivity contribution in [3.05, 3.63) is 63.6 Å². The van der Waals surface area contributed by atoms with E-state index in [1.165, 1.54) is 23.1 Å². The number of hydrogen-bond donors (Lipinski definition) is 0. The molecule has 8 nitrogen and oxygen atoms in total. The second-order valence-corrected chi connectivity index (χ2v) is 11.6. The highest BCUT2D eigenvalue weighted by molar-refractivity contribution is 6.35. The van der Waals surface area contributed by atoms with Crippen molar-refractivity contribution >= 4 is 46.7 Å². The van der Waals surface area contributed by atoms with E-state index < -0.39 is 23.4 Å². The SMILES string of the molecule is CN1C(=O)N(c2cc(Cl)cc(Cl)c2)C(=O)[C@]12CN(C(=O)CCC[N+](C)(C)C)C[C@H]2c1ccc(C#N)cc1. The summed E-state index contributed by atoms with van der Waals surface area (Å²) >= 11 is 12.4. The number of carbonyl (C=O) groups excluding carboxylic acids is 3. The Balaban J connectivity index is 1.73. The van der Waals surface area contributed by atoms with Crippen LogP contribution < -0.4 is 4.90 Å².